The first-order valence-electron chi connectivity index (χ1n) is 11.8. The minimum Gasteiger partial charge on any atom is -0.373 e. The second-order valence-electron chi connectivity index (χ2n) is 10.9. The summed E-state index contributed by atoms with van der Waals surface area (Å²) in [5, 5.41) is 0. The van der Waals surface area contributed by atoms with Gasteiger partial charge in [-0.25, -0.2) is 0 Å². The number of hydrogen-bond acceptors (Lipinski definition) is 1. The number of hydrogen-bond donors (Lipinski definition) is 0. The maximum atomic E-state index is 6.88. The van der Waals surface area contributed by atoms with Gasteiger partial charge in [-0.2, -0.15) is 0 Å². The fourth-order valence-corrected chi connectivity index (χ4v) is 10.5. The van der Waals surface area contributed by atoms with Crippen LogP contribution in [0.3, 0.4) is 0 Å². The molecule has 0 bridgehead atoms. The molecule has 0 radical (unpaired) electrons. The molecule has 29 heavy (non-hydrogen) atoms. The van der Waals surface area contributed by atoms with Crippen LogP contribution >= 0.6 is 17.2 Å². The summed E-state index contributed by atoms with van der Waals surface area (Å²) in [7, 11) is -0.670. The molecule has 2 rings (SSSR count). The van der Waals surface area contributed by atoms with E-state index in [9.17, 15) is 0 Å². The Morgan fingerprint density at radius 1 is 0.724 bits per heavy atom. The molecule has 5 heteroatoms. The molecule has 0 saturated heterocycles. The Balaban J connectivity index is 2.38. The fraction of sp³-hybridized carbons (Fsp3) is 0.750. The lowest BCUT2D eigenvalue weighted by molar-refractivity contribution is 0.0942. The average Bonchev–Trinajstić information content (AvgIpc) is 3.01. The van der Waals surface area contributed by atoms with Crippen molar-refractivity contribution in [3.8, 4) is 0 Å². The molecule has 166 valence electrons. The molecule has 1 aliphatic heterocycles. The van der Waals surface area contributed by atoms with E-state index in [1.165, 1.54) is 50.3 Å². The van der Waals surface area contributed by atoms with Crippen molar-refractivity contribution in [2.24, 2.45) is 0 Å². The predicted molar refractivity (Wildman–Crippen MR) is 143 cm³/mol. The summed E-state index contributed by atoms with van der Waals surface area (Å²) in [5.74, 6) is 0. The van der Waals surface area contributed by atoms with Gasteiger partial charge in [-0.05, 0) is 59.7 Å². The predicted octanol–water partition coefficient (Wildman–Crippen LogP) is 8.51. The monoisotopic (exact) mass is 468 g/mol. The maximum absolute atomic E-state index is 6.88. The van der Waals surface area contributed by atoms with Crippen LogP contribution in [0.25, 0.3) is 0 Å². The lowest BCUT2D eigenvalue weighted by Gasteiger charge is -2.29. The van der Waals surface area contributed by atoms with Crippen LogP contribution in [0.5, 0.6) is 0 Å². The van der Waals surface area contributed by atoms with Crippen molar-refractivity contribution >= 4 is 33.3 Å². The van der Waals surface area contributed by atoms with Gasteiger partial charge in [-0.3, -0.25) is 0 Å². The van der Waals surface area contributed by atoms with Crippen LogP contribution in [-0.2, 0) is 17.1 Å². The fourth-order valence-electron chi connectivity index (χ4n) is 4.18. The molecule has 0 saturated carbocycles. The summed E-state index contributed by atoms with van der Waals surface area (Å²) in [6.45, 7) is 19.5. The van der Waals surface area contributed by atoms with E-state index in [-0.39, 0.29) is 0 Å². The Labute approximate surface area is 187 Å². The molecular weight excluding hydrogens is 422 g/mol. The van der Waals surface area contributed by atoms with E-state index in [1.807, 2.05) is 0 Å². The summed E-state index contributed by atoms with van der Waals surface area (Å²) >= 11 is 0. The smallest absolute Gasteiger partial charge is 0.0842 e. The standard InChI is InChI=1S/C24H46OP2Si2/c1-9-11-13-26-17-19-15-21-22(16-20(19)18-27-14-12-10-2)24(29(6,7)8)25-23(21)28(3,4)5/h15-16,23-24,26-27H,9-14,17-18H2,1-8H3. The van der Waals surface area contributed by atoms with Crippen molar-refractivity contribution in [2.45, 2.75) is 103 Å². The van der Waals surface area contributed by atoms with Gasteiger partial charge in [-0.1, -0.05) is 78.1 Å². The molecule has 0 aromatic heterocycles. The first-order valence-corrected chi connectivity index (χ1v) is 21.8. The zero-order chi connectivity index (χ0) is 21.7. The summed E-state index contributed by atoms with van der Waals surface area (Å²) in [5.41, 5.74) is 7.22. The largest absolute Gasteiger partial charge is 0.373 e. The Hall–Kier alpha value is 0.474. The minimum atomic E-state index is -1.41. The summed E-state index contributed by atoms with van der Waals surface area (Å²) in [4.78, 5) is 0. The zero-order valence-corrected chi connectivity index (χ0v) is 24.4. The Morgan fingerprint density at radius 3 is 1.41 bits per heavy atom. The van der Waals surface area contributed by atoms with Gasteiger partial charge < -0.3 is 4.74 Å². The maximum Gasteiger partial charge on any atom is 0.0842 e. The van der Waals surface area contributed by atoms with Crippen LogP contribution in [0.2, 0.25) is 39.3 Å². The minimum absolute atomic E-state index is 0.378. The molecule has 0 spiro atoms. The highest BCUT2D eigenvalue weighted by Crippen LogP contribution is 2.49. The Morgan fingerprint density at radius 2 is 1.10 bits per heavy atom. The summed E-state index contributed by atoms with van der Waals surface area (Å²) in [6, 6.07) is 5.24. The van der Waals surface area contributed by atoms with E-state index in [0.29, 0.717) is 11.5 Å². The van der Waals surface area contributed by atoms with Gasteiger partial charge in [0.1, 0.15) is 0 Å². The van der Waals surface area contributed by atoms with Gasteiger partial charge >= 0.3 is 0 Å². The number of ether oxygens (including phenoxy) is 1. The number of fused-ring (bicyclic) bond motifs is 1. The van der Waals surface area contributed by atoms with Crippen LogP contribution in [0.4, 0.5) is 0 Å². The van der Waals surface area contributed by atoms with Gasteiger partial charge in [-0.15, -0.1) is 17.2 Å². The van der Waals surface area contributed by atoms with Gasteiger partial charge in [0.25, 0.3) is 0 Å². The van der Waals surface area contributed by atoms with Crippen molar-refractivity contribution in [1.82, 2.24) is 0 Å². The van der Waals surface area contributed by atoms with Crippen LogP contribution in [-0.4, -0.2) is 28.5 Å². The Bertz CT molecular complexity index is 595. The van der Waals surface area contributed by atoms with Gasteiger partial charge in [0.15, 0.2) is 0 Å². The third-order valence-corrected chi connectivity index (χ3v) is 12.6. The third-order valence-electron chi connectivity index (χ3n) is 5.86. The lowest BCUT2D eigenvalue weighted by Crippen LogP contribution is -2.35. The van der Waals surface area contributed by atoms with E-state index in [2.05, 4.69) is 65.3 Å². The Kier molecular flexibility index (Phi) is 10.1. The molecular formula is C24H46OP2Si2. The van der Waals surface area contributed by atoms with Crippen molar-refractivity contribution in [1.29, 1.82) is 0 Å². The SMILES string of the molecule is CCCCPCc1cc2c(cc1CPCCCC)C([Si](C)(C)C)OC2[Si](C)(C)C. The van der Waals surface area contributed by atoms with E-state index in [0.717, 1.165) is 17.2 Å². The molecule has 0 fully saturated rings. The van der Waals surface area contributed by atoms with Crippen LogP contribution in [0.15, 0.2) is 12.1 Å². The molecule has 1 aliphatic rings. The second kappa shape index (κ2) is 11.4. The molecule has 4 atom stereocenters. The van der Waals surface area contributed by atoms with E-state index in [4.69, 9.17) is 4.74 Å². The van der Waals surface area contributed by atoms with Crippen molar-refractivity contribution < 1.29 is 4.74 Å². The van der Waals surface area contributed by atoms with E-state index < -0.39 is 16.1 Å². The van der Waals surface area contributed by atoms with E-state index >= 15 is 0 Å². The highest BCUT2D eigenvalue weighted by molar-refractivity contribution is 7.37. The first-order chi connectivity index (χ1) is 13.6. The highest BCUT2D eigenvalue weighted by Gasteiger charge is 2.45. The molecule has 0 N–H and O–H groups in total. The molecule has 1 aromatic rings. The van der Waals surface area contributed by atoms with Crippen molar-refractivity contribution in [2.75, 3.05) is 12.3 Å². The normalized spacial score (nSPS) is 20.4. The number of rotatable bonds is 12. The highest BCUT2D eigenvalue weighted by atomic mass is 31.1. The quantitative estimate of drug-likeness (QED) is 0.170. The van der Waals surface area contributed by atoms with Crippen LogP contribution < -0.4 is 0 Å². The zero-order valence-electron chi connectivity index (χ0n) is 20.4. The molecule has 1 heterocycles. The van der Waals surface area contributed by atoms with Crippen molar-refractivity contribution in [3.63, 3.8) is 0 Å². The molecule has 0 amide bonds. The van der Waals surface area contributed by atoms with Crippen LogP contribution in [0, 0.1) is 0 Å². The first kappa shape index (κ1) is 25.7. The third kappa shape index (κ3) is 7.25. The number of unbranched alkanes of at least 4 members (excludes halogenated alkanes) is 2. The topological polar surface area (TPSA) is 9.23 Å². The molecule has 1 aromatic carbocycles. The number of benzene rings is 1. The van der Waals surface area contributed by atoms with Gasteiger partial charge in [0.2, 0.25) is 0 Å². The summed E-state index contributed by atoms with van der Waals surface area (Å²) in [6.07, 6.45) is 10.8. The molecule has 0 aliphatic carbocycles. The molecule has 4 unspecified atom stereocenters. The second-order valence-corrected chi connectivity index (χ2v) is 24.2. The van der Waals surface area contributed by atoms with Crippen LogP contribution in [0.1, 0.15) is 73.2 Å². The average molecular weight is 469 g/mol. The van der Waals surface area contributed by atoms with Gasteiger partial charge in [0.05, 0.1) is 27.6 Å². The lowest BCUT2D eigenvalue weighted by atomic mass is 10.0. The van der Waals surface area contributed by atoms with E-state index in [1.54, 1.807) is 22.3 Å². The van der Waals surface area contributed by atoms with Crippen molar-refractivity contribution in [3.05, 3.63) is 34.4 Å². The van der Waals surface area contributed by atoms with Gasteiger partial charge in [0, 0.05) is 0 Å². The summed E-state index contributed by atoms with van der Waals surface area (Å²) < 4.78 is 6.88. The molecule has 1 nitrogen and oxygen atoms in total.